The van der Waals surface area contributed by atoms with E-state index in [1.165, 1.54) is 0 Å². The van der Waals surface area contributed by atoms with Gasteiger partial charge in [-0.1, -0.05) is 23.2 Å². The topological polar surface area (TPSA) is 38.3 Å². The maximum Gasteiger partial charge on any atom is 0.252 e. The summed E-state index contributed by atoms with van der Waals surface area (Å²) in [6.45, 7) is 1.62. The van der Waals surface area contributed by atoms with Crippen molar-refractivity contribution in [2.75, 3.05) is 25.6 Å². The molecule has 100 valence electrons. The van der Waals surface area contributed by atoms with Crippen LogP contribution in [0, 0.1) is 0 Å². The zero-order valence-corrected chi connectivity index (χ0v) is 12.0. The number of rotatable bonds is 7. The van der Waals surface area contributed by atoms with Gasteiger partial charge in [0, 0.05) is 24.1 Å². The second-order valence-corrected chi connectivity index (χ2v) is 4.76. The van der Waals surface area contributed by atoms with Crippen LogP contribution in [0.1, 0.15) is 16.8 Å². The smallest absolute Gasteiger partial charge is 0.252 e. The van der Waals surface area contributed by atoms with Crippen LogP contribution in [0.4, 0.5) is 0 Å². The van der Waals surface area contributed by atoms with Crippen molar-refractivity contribution in [1.29, 1.82) is 0 Å². The lowest BCUT2D eigenvalue weighted by molar-refractivity contribution is 0.0944. The van der Waals surface area contributed by atoms with E-state index in [2.05, 4.69) is 5.32 Å². The average Bonchev–Trinajstić information content (AvgIpc) is 2.33. The minimum absolute atomic E-state index is 0.214. The summed E-state index contributed by atoms with van der Waals surface area (Å²) in [4.78, 5) is 11.8. The van der Waals surface area contributed by atoms with Gasteiger partial charge in [-0.25, -0.2) is 0 Å². The Balaban J connectivity index is 2.32. The fraction of sp³-hybridized carbons (Fsp3) is 0.417. The molecule has 0 bridgehead atoms. The molecule has 3 nitrogen and oxygen atoms in total. The fourth-order valence-electron chi connectivity index (χ4n) is 1.30. The van der Waals surface area contributed by atoms with Gasteiger partial charge in [0.05, 0.1) is 17.2 Å². The van der Waals surface area contributed by atoms with Gasteiger partial charge in [-0.05, 0) is 24.6 Å². The number of carbonyl (C=O) groups excluding carboxylic acids is 1. The quantitative estimate of drug-likeness (QED) is 0.619. The maximum absolute atomic E-state index is 11.8. The van der Waals surface area contributed by atoms with Crippen LogP contribution in [0.3, 0.4) is 0 Å². The van der Waals surface area contributed by atoms with Crippen LogP contribution in [-0.2, 0) is 4.74 Å². The highest BCUT2D eigenvalue weighted by Crippen LogP contribution is 2.20. The molecule has 0 aliphatic heterocycles. The Morgan fingerprint density at radius 2 is 2.06 bits per heavy atom. The summed E-state index contributed by atoms with van der Waals surface area (Å²) in [5.74, 6) is 0.265. The van der Waals surface area contributed by atoms with Gasteiger partial charge >= 0.3 is 0 Å². The Kier molecular flexibility index (Phi) is 7.44. The Labute approximate surface area is 121 Å². The van der Waals surface area contributed by atoms with E-state index in [0.29, 0.717) is 41.2 Å². The minimum atomic E-state index is -0.214. The Bertz CT molecular complexity index is 399. The predicted molar refractivity (Wildman–Crippen MR) is 75.0 cm³/mol. The van der Waals surface area contributed by atoms with E-state index in [-0.39, 0.29) is 5.91 Å². The van der Waals surface area contributed by atoms with Crippen molar-refractivity contribution < 1.29 is 9.53 Å². The molecule has 1 rings (SSSR count). The molecule has 1 amide bonds. The van der Waals surface area contributed by atoms with Crippen LogP contribution in [0.15, 0.2) is 18.2 Å². The van der Waals surface area contributed by atoms with Crippen molar-refractivity contribution in [1.82, 2.24) is 5.32 Å². The second-order valence-electron chi connectivity index (χ2n) is 3.53. The minimum Gasteiger partial charge on any atom is -0.380 e. The van der Waals surface area contributed by atoms with Gasteiger partial charge in [-0.15, -0.1) is 11.6 Å². The Morgan fingerprint density at radius 1 is 1.28 bits per heavy atom. The first kappa shape index (κ1) is 15.6. The van der Waals surface area contributed by atoms with E-state index < -0.39 is 0 Å². The molecule has 0 aliphatic carbocycles. The third-order valence-corrected chi connectivity index (χ3v) is 2.85. The number of hydrogen-bond donors (Lipinski definition) is 1. The van der Waals surface area contributed by atoms with Crippen molar-refractivity contribution in [3.05, 3.63) is 33.8 Å². The van der Waals surface area contributed by atoms with Crippen LogP contribution in [0.2, 0.25) is 10.0 Å². The average molecular weight is 311 g/mol. The fourth-order valence-corrected chi connectivity index (χ4v) is 1.91. The number of amides is 1. The van der Waals surface area contributed by atoms with Gasteiger partial charge in [0.1, 0.15) is 0 Å². The Morgan fingerprint density at radius 3 is 2.72 bits per heavy atom. The predicted octanol–water partition coefficient (Wildman–Crippen LogP) is 3.37. The molecule has 0 heterocycles. The number of benzene rings is 1. The highest BCUT2D eigenvalue weighted by molar-refractivity contribution is 6.36. The first-order chi connectivity index (χ1) is 8.65. The lowest BCUT2D eigenvalue weighted by Crippen LogP contribution is -2.25. The Hall–Kier alpha value is -0.480. The molecule has 0 aromatic heterocycles. The maximum atomic E-state index is 11.8. The van der Waals surface area contributed by atoms with E-state index in [1.54, 1.807) is 18.2 Å². The SMILES string of the molecule is O=C(NCCCOCCCl)c1ccc(Cl)cc1Cl. The molecule has 1 aromatic carbocycles. The molecule has 6 heteroatoms. The highest BCUT2D eigenvalue weighted by Gasteiger charge is 2.09. The van der Waals surface area contributed by atoms with Crippen molar-refractivity contribution in [2.24, 2.45) is 0 Å². The summed E-state index contributed by atoms with van der Waals surface area (Å²) in [6, 6.07) is 4.78. The van der Waals surface area contributed by atoms with Gasteiger partial charge in [-0.2, -0.15) is 0 Å². The number of nitrogens with one attached hydrogen (secondary N) is 1. The van der Waals surface area contributed by atoms with Crippen LogP contribution in [-0.4, -0.2) is 31.5 Å². The van der Waals surface area contributed by atoms with Crippen molar-refractivity contribution in [3.63, 3.8) is 0 Å². The summed E-state index contributed by atoms with van der Waals surface area (Å²) < 4.78 is 5.18. The van der Waals surface area contributed by atoms with Gasteiger partial charge in [0.2, 0.25) is 0 Å². The molecule has 0 radical (unpaired) electrons. The monoisotopic (exact) mass is 309 g/mol. The summed E-state index contributed by atoms with van der Waals surface area (Å²) in [7, 11) is 0. The molecular formula is C12H14Cl3NO2. The molecule has 1 N–H and O–H groups in total. The van der Waals surface area contributed by atoms with E-state index in [1.807, 2.05) is 0 Å². The molecule has 0 saturated heterocycles. The highest BCUT2D eigenvalue weighted by atomic mass is 35.5. The van der Waals surface area contributed by atoms with Crippen LogP contribution < -0.4 is 5.32 Å². The summed E-state index contributed by atoms with van der Waals surface area (Å²) in [5, 5.41) is 3.61. The molecule has 0 aliphatic rings. The van der Waals surface area contributed by atoms with Crippen LogP contribution >= 0.6 is 34.8 Å². The summed E-state index contributed by atoms with van der Waals surface area (Å²) in [5.41, 5.74) is 0.419. The molecule has 18 heavy (non-hydrogen) atoms. The zero-order chi connectivity index (χ0) is 13.4. The number of ether oxygens (including phenoxy) is 1. The first-order valence-electron chi connectivity index (χ1n) is 5.52. The van der Waals surface area contributed by atoms with Gasteiger partial charge in [0.15, 0.2) is 0 Å². The van der Waals surface area contributed by atoms with E-state index >= 15 is 0 Å². The lowest BCUT2D eigenvalue weighted by atomic mass is 10.2. The lowest BCUT2D eigenvalue weighted by Gasteiger charge is -2.07. The zero-order valence-electron chi connectivity index (χ0n) is 9.72. The van der Waals surface area contributed by atoms with E-state index in [9.17, 15) is 4.79 Å². The van der Waals surface area contributed by atoms with Crippen molar-refractivity contribution in [2.45, 2.75) is 6.42 Å². The van der Waals surface area contributed by atoms with Gasteiger partial charge in [-0.3, -0.25) is 4.79 Å². The standard InChI is InChI=1S/C12H14Cl3NO2/c13-4-7-18-6-1-5-16-12(17)10-3-2-9(14)8-11(10)15/h2-3,8H,1,4-7H2,(H,16,17). The number of alkyl halides is 1. The van der Waals surface area contributed by atoms with Gasteiger partial charge in [0.25, 0.3) is 5.91 Å². The number of halogens is 3. The first-order valence-corrected chi connectivity index (χ1v) is 6.81. The van der Waals surface area contributed by atoms with E-state index in [4.69, 9.17) is 39.5 Å². The van der Waals surface area contributed by atoms with Crippen LogP contribution in [0.5, 0.6) is 0 Å². The normalized spacial score (nSPS) is 10.4. The largest absolute Gasteiger partial charge is 0.380 e. The number of hydrogen-bond acceptors (Lipinski definition) is 2. The third-order valence-electron chi connectivity index (χ3n) is 2.15. The molecule has 0 spiro atoms. The summed E-state index contributed by atoms with van der Waals surface area (Å²) in [6.07, 6.45) is 0.730. The molecule has 0 fully saturated rings. The second kappa shape index (κ2) is 8.59. The molecule has 0 saturated carbocycles. The van der Waals surface area contributed by atoms with Crippen molar-refractivity contribution in [3.8, 4) is 0 Å². The number of carbonyl (C=O) groups is 1. The van der Waals surface area contributed by atoms with Crippen LogP contribution in [0.25, 0.3) is 0 Å². The van der Waals surface area contributed by atoms with Crippen molar-refractivity contribution >= 4 is 40.7 Å². The molecule has 0 atom stereocenters. The molecule has 0 unspecified atom stereocenters. The molecular weight excluding hydrogens is 296 g/mol. The van der Waals surface area contributed by atoms with E-state index in [0.717, 1.165) is 6.42 Å². The van der Waals surface area contributed by atoms with Gasteiger partial charge < -0.3 is 10.1 Å². The molecule has 1 aromatic rings. The summed E-state index contributed by atoms with van der Waals surface area (Å²) >= 11 is 17.1. The third kappa shape index (κ3) is 5.44.